The predicted molar refractivity (Wildman–Crippen MR) is 133 cm³/mol. The molecule has 0 aromatic heterocycles. The molecule has 0 aliphatic heterocycles. The van der Waals surface area contributed by atoms with Crippen LogP contribution in [-0.4, -0.2) is 35.9 Å². The normalized spacial score (nSPS) is 11.9. The molecule has 5 heteroatoms. The van der Waals surface area contributed by atoms with E-state index in [-0.39, 0.29) is 18.4 Å². The largest absolute Gasteiger partial charge is 0.483 e. The van der Waals surface area contributed by atoms with Crippen LogP contribution < -0.4 is 10.1 Å². The van der Waals surface area contributed by atoms with Crippen molar-refractivity contribution in [3.8, 4) is 5.75 Å². The zero-order chi connectivity index (χ0) is 23.8. The number of hydrogen-bond donors (Lipinski definition) is 1. The van der Waals surface area contributed by atoms with Gasteiger partial charge in [0.25, 0.3) is 5.91 Å². The number of amides is 2. The molecular formula is C28H34N2O3. The lowest BCUT2D eigenvalue weighted by Crippen LogP contribution is -2.50. The van der Waals surface area contributed by atoms with Crippen LogP contribution in [0.15, 0.2) is 66.7 Å². The van der Waals surface area contributed by atoms with Crippen molar-refractivity contribution in [2.75, 3.05) is 13.2 Å². The number of rotatable bonds is 10. The zero-order valence-corrected chi connectivity index (χ0v) is 20.0. The molecule has 0 bridgehead atoms. The Morgan fingerprint density at radius 1 is 0.970 bits per heavy atom. The Hall–Kier alpha value is -3.34. The molecule has 0 saturated carbocycles. The van der Waals surface area contributed by atoms with E-state index in [1.807, 2.05) is 80.6 Å². The lowest BCUT2D eigenvalue weighted by atomic mass is 10.1. The van der Waals surface area contributed by atoms with Crippen molar-refractivity contribution in [1.29, 1.82) is 0 Å². The minimum atomic E-state index is -0.563. The Morgan fingerprint density at radius 3 is 2.39 bits per heavy atom. The Bertz CT molecular complexity index is 1090. The minimum absolute atomic E-state index is 0.127. The molecule has 0 fully saturated rings. The van der Waals surface area contributed by atoms with E-state index >= 15 is 0 Å². The van der Waals surface area contributed by atoms with Crippen LogP contribution in [0.4, 0.5) is 0 Å². The molecule has 0 aliphatic rings. The first kappa shape index (κ1) is 24.3. The van der Waals surface area contributed by atoms with Gasteiger partial charge >= 0.3 is 0 Å². The highest BCUT2D eigenvalue weighted by Crippen LogP contribution is 2.25. The molecular weight excluding hydrogens is 412 g/mol. The van der Waals surface area contributed by atoms with E-state index in [1.54, 1.807) is 4.90 Å². The molecule has 1 N–H and O–H groups in total. The number of benzene rings is 3. The Labute approximate surface area is 196 Å². The first-order valence-corrected chi connectivity index (χ1v) is 11.6. The maximum absolute atomic E-state index is 13.4. The van der Waals surface area contributed by atoms with Crippen LogP contribution in [0.5, 0.6) is 5.75 Å². The summed E-state index contributed by atoms with van der Waals surface area (Å²) in [6, 6.07) is 21.1. The van der Waals surface area contributed by atoms with Gasteiger partial charge in [-0.15, -0.1) is 0 Å². The Morgan fingerprint density at radius 2 is 1.67 bits per heavy atom. The average Bonchev–Trinajstić information content (AvgIpc) is 2.82. The zero-order valence-electron chi connectivity index (χ0n) is 20.0. The molecule has 174 valence electrons. The topological polar surface area (TPSA) is 58.6 Å². The second-order valence-electron chi connectivity index (χ2n) is 8.78. The van der Waals surface area contributed by atoms with Gasteiger partial charge in [0.2, 0.25) is 5.91 Å². The summed E-state index contributed by atoms with van der Waals surface area (Å²) < 4.78 is 5.98. The quantitative estimate of drug-likeness (QED) is 0.471. The molecule has 3 aromatic rings. The van der Waals surface area contributed by atoms with Crippen molar-refractivity contribution in [3.05, 3.63) is 77.9 Å². The second-order valence-corrected chi connectivity index (χ2v) is 8.78. The van der Waals surface area contributed by atoms with E-state index in [0.29, 0.717) is 31.2 Å². The maximum Gasteiger partial charge on any atom is 0.261 e. The average molecular weight is 447 g/mol. The third kappa shape index (κ3) is 6.35. The summed E-state index contributed by atoms with van der Waals surface area (Å²) in [5, 5.41) is 5.01. The highest BCUT2D eigenvalue weighted by molar-refractivity contribution is 5.90. The summed E-state index contributed by atoms with van der Waals surface area (Å²) in [6.07, 6.45) is 0.524. The van der Waals surface area contributed by atoms with E-state index < -0.39 is 6.04 Å². The summed E-state index contributed by atoms with van der Waals surface area (Å²) in [5.74, 6) is 0.660. The van der Waals surface area contributed by atoms with Crippen LogP contribution in [0, 0.1) is 12.8 Å². The number of nitrogens with one attached hydrogen (secondary N) is 1. The molecule has 0 aliphatic carbocycles. The molecule has 0 radical (unpaired) electrons. The molecule has 0 spiro atoms. The van der Waals surface area contributed by atoms with Gasteiger partial charge in [-0.25, -0.2) is 0 Å². The molecule has 0 unspecified atom stereocenters. The van der Waals surface area contributed by atoms with Crippen molar-refractivity contribution in [3.63, 3.8) is 0 Å². The van der Waals surface area contributed by atoms with E-state index in [4.69, 9.17) is 4.74 Å². The molecule has 33 heavy (non-hydrogen) atoms. The molecule has 3 rings (SSSR count). The van der Waals surface area contributed by atoms with Crippen LogP contribution >= 0.6 is 0 Å². The van der Waals surface area contributed by atoms with Gasteiger partial charge in [0.1, 0.15) is 11.8 Å². The van der Waals surface area contributed by atoms with Crippen molar-refractivity contribution < 1.29 is 14.3 Å². The van der Waals surface area contributed by atoms with Crippen LogP contribution in [0.25, 0.3) is 10.8 Å². The first-order chi connectivity index (χ1) is 15.9. The fourth-order valence-electron chi connectivity index (χ4n) is 3.86. The van der Waals surface area contributed by atoms with Gasteiger partial charge in [-0.2, -0.15) is 0 Å². The van der Waals surface area contributed by atoms with Crippen LogP contribution in [-0.2, 0) is 16.1 Å². The number of aryl methyl sites for hydroxylation is 1. The summed E-state index contributed by atoms with van der Waals surface area (Å²) in [5.41, 5.74) is 2.11. The summed E-state index contributed by atoms with van der Waals surface area (Å²) in [7, 11) is 0. The van der Waals surface area contributed by atoms with Crippen LogP contribution in [0.1, 0.15) is 38.3 Å². The molecule has 1 atom stereocenters. The Kier molecular flexibility index (Phi) is 8.47. The van der Waals surface area contributed by atoms with Crippen molar-refractivity contribution in [2.45, 2.75) is 46.7 Å². The van der Waals surface area contributed by atoms with Crippen LogP contribution in [0.3, 0.4) is 0 Å². The fourth-order valence-corrected chi connectivity index (χ4v) is 3.86. The van der Waals surface area contributed by atoms with Gasteiger partial charge in [0.05, 0.1) is 0 Å². The van der Waals surface area contributed by atoms with Crippen LogP contribution in [0.2, 0.25) is 0 Å². The number of fused-ring (bicyclic) bond motifs is 1. The summed E-state index contributed by atoms with van der Waals surface area (Å²) >= 11 is 0. The highest BCUT2D eigenvalue weighted by Gasteiger charge is 2.29. The van der Waals surface area contributed by atoms with Crippen molar-refractivity contribution in [1.82, 2.24) is 10.2 Å². The monoisotopic (exact) mass is 446 g/mol. The maximum atomic E-state index is 13.4. The van der Waals surface area contributed by atoms with E-state index in [0.717, 1.165) is 21.9 Å². The molecule has 5 nitrogen and oxygen atoms in total. The van der Waals surface area contributed by atoms with E-state index in [9.17, 15) is 9.59 Å². The van der Waals surface area contributed by atoms with E-state index in [1.165, 1.54) is 0 Å². The first-order valence-electron chi connectivity index (χ1n) is 11.6. The van der Waals surface area contributed by atoms with Gasteiger partial charge < -0.3 is 15.0 Å². The van der Waals surface area contributed by atoms with Crippen molar-refractivity contribution in [2.24, 2.45) is 5.92 Å². The molecule has 0 heterocycles. The van der Waals surface area contributed by atoms with Gasteiger partial charge in [0, 0.05) is 18.5 Å². The second kappa shape index (κ2) is 11.5. The van der Waals surface area contributed by atoms with Gasteiger partial charge in [-0.05, 0) is 41.8 Å². The lowest BCUT2D eigenvalue weighted by Gasteiger charge is -2.31. The Balaban J connectivity index is 1.83. The number of carbonyl (C=O) groups is 2. The molecule has 3 aromatic carbocycles. The minimum Gasteiger partial charge on any atom is -0.483 e. The van der Waals surface area contributed by atoms with Gasteiger partial charge in [-0.3, -0.25) is 9.59 Å². The number of nitrogens with zero attached hydrogens (tertiary/aromatic N) is 1. The number of carbonyl (C=O) groups excluding carboxylic acids is 2. The SMILES string of the molecule is CC[C@@H](C(=O)NCC(C)C)N(Cc1ccccc1C)C(=O)COc1cccc2ccccc12. The van der Waals surface area contributed by atoms with Gasteiger partial charge in [-0.1, -0.05) is 81.4 Å². The highest BCUT2D eigenvalue weighted by atomic mass is 16.5. The van der Waals surface area contributed by atoms with Gasteiger partial charge in [0.15, 0.2) is 6.61 Å². The standard InChI is InChI=1S/C28H34N2O3/c1-5-25(28(32)29-17-20(2)3)30(18-23-13-7-6-11-21(23)4)27(31)19-33-26-16-10-14-22-12-8-9-15-24(22)26/h6-16,20,25H,5,17-19H2,1-4H3,(H,29,32)/t25-/m0/s1. The summed E-state index contributed by atoms with van der Waals surface area (Å²) in [4.78, 5) is 28.1. The third-order valence-corrected chi connectivity index (χ3v) is 5.77. The van der Waals surface area contributed by atoms with E-state index in [2.05, 4.69) is 19.2 Å². The predicted octanol–water partition coefficient (Wildman–Crippen LogP) is 5.11. The number of hydrogen-bond acceptors (Lipinski definition) is 3. The molecule has 2 amide bonds. The lowest BCUT2D eigenvalue weighted by molar-refractivity contribution is -0.143. The van der Waals surface area contributed by atoms with Crippen molar-refractivity contribution >= 4 is 22.6 Å². The smallest absolute Gasteiger partial charge is 0.261 e. The summed E-state index contributed by atoms with van der Waals surface area (Å²) in [6.45, 7) is 8.86. The molecule has 0 saturated heterocycles. The third-order valence-electron chi connectivity index (χ3n) is 5.77. The fraction of sp³-hybridized carbons (Fsp3) is 0.357. The number of ether oxygens (including phenoxy) is 1.